The zero-order valence-electron chi connectivity index (χ0n) is 11.2. The number of nitrogens with one attached hydrogen (secondary N) is 1. The molecule has 1 aliphatic carbocycles. The van der Waals surface area contributed by atoms with Gasteiger partial charge in [-0.25, -0.2) is 0 Å². The highest BCUT2D eigenvalue weighted by atomic mass is 35.5. The minimum absolute atomic E-state index is 0.501. The van der Waals surface area contributed by atoms with Crippen molar-refractivity contribution < 1.29 is 4.52 Å². The Balaban J connectivity index is 1.55. The van der Waals surface area contributed by atoms with Crippen molar-refractivity contribution in [3.8, 4) is 0 Å². The SMILES string of the molecule is Clc1ccc2c(NCc3nc(C4CC4)no3)ccnc2c1. The van der Waals surface area contributed by atoms with Crippen molar-refractivity contribution in [2.24, 2.45) is 0 Å². The Morgan fingerprint density at radius 1 is 1.29 bits per heavy atom. The van der Waals surface area contributed by atoms with Gasteiger partial charge in [0.25, 0.3) is 0 Å². The molecule has 4 rings (SSSR count). The zero-order valence-corrected chi connectivity index (χ0v) is 12.0. The average Bonchev–Trinajstić information content (AvgIpc) is 3.24. The van der Waals surface area contributed by atoms with Gasteiger partial charge >= 0.3 is 0 Å². The van der Waals surface area contributed by atoms with Gasteiger partial charge in [0.2, 0.25) is 5.89 Å². The van der Waals surface area contributed by atoms with Crippen LogP contribution < -0.4 is 5.32 Å². The highest BCUT2D eigenvalue weighted by Gasteiger charge is 2.28. The van der Waals surface area contributed by atoms with E-state index < -0.39 is 0 Å². The van der Waals surface area contributed by atoms with Gasteiger partial charge in [-0.15, -0.1) is 0 Å². The Kier molecular flexibility index (Phi) is 3.00. The standard InChI is InChI=1S/C15H13ClN4O/c16-10-3-4-11-12(5-6-17-13(11)7-10)18-8-14-19-15(20-21-14)9-1-2-9/h3-7,9H,1-2,8H2,(H,17,18). The Labute approximate surface area is 126 Å². The molecule has 0 atom stereocenters. The van der Waals surface area contributed by atoms with E-state index in [0.717, 1.165) is 22.4 Å². The molecule has 1 aromatic carbocycles. The fraction of sp³-hybridized carbons (Fsp3) is 0.267. The molecule has 0 unspecified atom stereocenters. The van der Waals surface area contributed by atoms with Crippen LogP contribution in [0.3, 0.4) is 0 Å². The maximum Gasteiger partial charge on any atom is 0.245 e. The number of nitrogens with zero attached hydrogens (tertiary/aromatic N) is 3. The molecule has 0 radical (unpaired) electrons. The molecular formula is C15H13ClN4O. The minimum atomic E-state index is 0.501. The monoisotopic (exact) mass is 300 g/mol. The van der Waals surface area contributed by atoms with Crippen molar-refractivity contribution in [3.63, 3.8) is 0 Å². The molecule has 5 nitrogen and oxygen atoms in total. The normalized spacial score (nSPS) is 14.5. The molecule has 1 saturated carbocycles. The highest BCUT2D eigenvalue weighted by molar-refractivity contribution is 6.31. The van der Waals surface area contributed by atoms with E-state index in [-0.39, 0.29) is 0 Å². The van der Waals surface area contributed by atoms with Gasteiger partial charge in [-0.1, -0.05) is 16.8 Å². The first-order valence-electron chi connectivity index (χ1n) is 6.90. The average molecular weight is 301 g/mol. The van der Waals surface area contributed by atoms with Gasteiger partial charge in [-0.3, -0.25) is 4.98 Å². The van der Waals surface area contributed by atoms with Crippen LogP contribution in [0.1, 0.15) is 30.5 Å². The Hall–Kier alpha value is -2.14. The van der Waals surface area contributed by atoms with Crippen LogP contribution in [0.15, 0.2) is 35.0 Å². The van der Waals surface area contributed by atoms with Crippen LogP contribution in [0, 0.1) is 0 Å². The van der Waals surface area contributed by atoms with E-state index in [0.29, 0.717) is 23.4 Å². The van der Waals surface area contributed by atoms with Crippen molar-refractivity contribution in [3.05, 3.63) is 47.2 Å². The molecule has 0 saturated heterocycles. The van der Waals surface area contributed by atoms with E-state index in [9.17, 15) is 0 Å². The number of pyridine rings is 1. The molecule has 1 fully saturated rings. The molecule has 21 heavy (non-hydrogen) atoms. The molecule has 0 amide bonds. The lowest BCUT2D eigenvalue weighted by Crippen LogP contribution is -2.01. The molecule has 3 aromatic rings. The summed E-state index contributed by atoms with van der Waals surface area (Å²) in [6.45, 7) is 0.501. The predicted octanol–water partition coefficient (Wildman–Crippen LogP) is 3.76. The van der Waals surface area contributed by atoms with E-state index in [1.807, 2.05) is 24.3 Å². The van der Waals surface area contributed by atoms with Crippen LogP contribution in [-0.4, -0.2) is 15.1 Å². The minimum Gasteiger partial charge on any atom is -0.376 e. The number of hydrogen-bond acceptors (Lipinski definition) is 5. The molecule has 1 aliphatic rings. The van der Waals surface area contributed by atoms with Gasteiger partial charge in [0, 0.05) is 28.2 Å². The number of hydrogen-bond donors (Lipinski definition) is 1. The topological polar surface area (TPSA) is 63.8 Å². The van der Waals surface area contributed by atoms with Gasteiger partial charge in [-0.2, -0.15) is 4.98 Å². The molecule has 2 aromatic heterocycles. The molecule has 0 aliphatic heterocycles. The Bertz CT molecular complexity index is 797. The quantitative estimate of drug-likeness (QED) is 0.795. The van der Waals surface area contributed by atoms with Crippen molar-refractivity contribution in [1.29, 1.82) is 0 Å². The summed E-state index contributed by atoms with van der Waals surface area (Å²) in [4.78, 5) is 8.72. The van der Waals surface area contributed by atoms with Crippen molar-refractivity contribution in [2.45, 2.75) is 25.3 Å². The second-order valence-electron chi connectivity index (χ2n) is 5.19. The lowest BCUT2D eigenvalue weighted by Gasteiger charge is -2.07. The maximum atomic E-state index is 5.99. The van der Waals surface area contributed by atoms with Crippen LogP contribution in [0.5, 0.6) is 0 Å². The third-order valence-corrected chi connectivity index (χ3v) is 3.80. The van der Waals surface area contributed by atoms with Crippen molar-refractivity contribution in [1.82, 2.24) is 15.1 Å². The third-order valence-electron chi connectivity index (χ3n) is 3.56. The number of rotatable bonds is 4. The number of benzene rings is 1. The largest absolute Gasteiger partial charge is 0.376 e. The van der Waals surface area contributed by atoms with Crippen LogP contribution in [-0.2, 0) is 6.54 Å². The highest BCUT2D eigenvalue weighted by Crippen LogP contribution is 2.38. The summed E-state index contributed by atoms with van der Waals surface area (Å²) in [6, 6.07) is 7.58. The van der Waals surface area contributed by atoms with E-state index in [4.69, 9.17) is 16.1 Å². The summed E-state index contributed by atoms with van der Waals surface area (Å²) in [5.74, 6) is 1.94. The molecule has 2 heterocycles. The van der Waals surface area contributed by atoms with E-state index in [2.05, 4.69) is 20.4 Å². The second-order valence-corrected chi connectivity index (χ2v) is 5.63. The predicted molar refractivity (Wildman–Crippen MR) is 80.4 cm³/mol. The molecule has 1 N–H and O–H groups in total. The molecular weight excluding hydrogens is 288 g/mol. The first-order chi connectivity index (χ1) is 10.3. The number of anilines is 1. The summed E-state index contributed by atoms with van der Waals surface area (Å²) in [6.07, 6.45) is 4.09. The summed E-state index contributed by atoms with van der Waals surface area (Å²) in [5.41, 5.74) is 1.83. The lowest BCUT2D eigenvalue weighted by molar-refractivity contribution is 0.378. The van der Waals surface area contributed by atoms with E-state index >= 15 is 0 Å². The van der Waals surface area contributed by atoms with Crippen molar-refractivity contribution >= 4 is 28.2 Å². The zero-order chi connectivity index (χ0) is 14.2. The van der Waals surface area contributed by atoms with Crippen LogP contribution >= 0.6 is 11.6 Å². The molecule has 0 spiro atoms. The summed E-state index contributed by atoms with van der Waals surface area (Å²) in [5, 5.41) is 9.02. The molecule has 106 valence electrons. The summed E-state index contributed by atoms with van der Waals surface area (Å²) < 4.78 is 5.26. The summed E-state index contributed by atoms with van der Waals surface area (Å²) >= 11 is 5.99. The number of halogens is 1. The van der Waals surface area contributed by atoms with Gasteiger partial charge in [-0.05, 0) is 37.1 Å². The van der Waals surface area contributed by atoms with Crippen LogP contribution in [0.2, 0.25) is 5.02 Å². The first kappa shape index (κ1) is 12.6. The van der Waals surface area contributed by atoms with Gasteiger partial charge < -0.3 is 9.84 Å². The van der Waals surface area contributed by atoms with Crippen LogP contribution in [0.4, 0.5) is 5.69 Å². The summed E-state index contributed by atoms with van der Waals surface area (Å²) in [7, 11) is 0. The fourth-order valence-corrected chi connectivity index (χ4v) is 2.46. The maximum absolute atomic E-state index is 5.99. The van der Waals surface area contributed by atoms with E-state index in [1.165, 1.54) is 12.8 Å². The van der Waals surface area contributed by atoms with Gasteiger partial charge in [0.1, 0.15) is 0 Å². The van der Waals surface area contributed by atoms with Crippen LogP contribution in [0.25, 0.3) is 10.9 Å². The smallest absolute Gasteiger partial charge is 0.245 e. The number of aromatic nitrogens is 3. The van der Waals surface area contributed by atoms with E-state index in [1.54, 1.807) is 6.20 Å². The Morgan fingerprint density at radius 2 is 2.19 bits per heavy atom. The first-order valence-corrected chi connectivity index (χ1v) is 7.28. The van der Waals surface area contributed by atoms with Gasteiger partial charge in [0.15, 0.2) is 5.82 Å². The molecule has 6 heteroatoms. The second kappa shape index (κ2) is 5.00. The Morgan fingerprint density at radius 3 is 3.05 bits per heavy atom. The van der Waals surface area contributed by atoms with Gasteiger partial charge in [0.05, 0.1) is 12.1 Å². The third kappa shape index (κ3) is 2.56. The lowest BCUT2D eigenvalue weighted by atomic mass is 10.2. The van der Waals surface area contributed by atoms with Crippen molar-refractivity contribution in [2.75, 3.05) is 5.32 Å². The fourth-order valence-electron chi connectivity index (χ4n) is 2.29. The number of fused-ring (bicyclic) bond motifs is 1. The molecule has 0 bridgehead atoms.